The van der Waals surface area contributed by atoms with Crippen molar-refractivity contribution < 1.29 is 4.74 Å². The molecule has 0 aliphatic carbocycles. The van der Waals surface area contributed by atoms with E-state index in [-0.39, 0.29) is 0 Å². The second kappa shape index (κ2) is 5.73. The molecule has 0 spiro atoms. The highest BCUT2D eigenvalue weighted by molar-refractivity contribution is 7.11. The van der Waals surface area contributed by atoms with Crippen LogP contribution in [0.2, 0.25) is 0 Å². The molecule has 0 atom stereocenters. The first-order valence-corrected chi connectivity index (χ1v) is 6.62. The Hall–Kier alpha value is -1.75. The van der Waals surface area contributed by atoms with E-state index in [9.17, 15) is 0 Å². The summed E-state index contributed by atoms with van der Waals surface area (Å²) in [6, 6.07) is 10.3. The van der Waals surface area contributed by atoms with Gasteiger partial charge in [-0.2, -0.15) is 4.37 Å². The van der Waals surface area contributed by atoms with E-state index in [2.05, 4.69) is 21.4 Å². The Morgan fingerprint density at radius 2 is 2.06 bits per heavy atom. The number of nitrogen functional groups attached to an aromatic ring is 1. The lowest BCUT2D eigenvalue weighted by Gasteiger charge is -2.18. The van der Waals surface area contributed by atoms with Gasteiger partial charge in [0.2, 0.25) is 0 Å². The Morgan fingerprint density at radius 3 is 2.72 bits per heavy atom. The molecule has 18 heavy (non-hydrogen) atoms. The van der Waals surface area contributed by atoms with Crippen LogP contribution in [-0.2, 0) is 6.54 Å². The Balaban J connectivity index is 2.16. The van der Waals surface area contributed by atoms with Crippen molar-refractivity contribution in [1.29, 1.82) is 0 Å². The maximum atomic E-state index is 5.81. The molecule has 5 heteroatoms. The number of aromatic nitrogens is 1. The van der Waals surface area contributed by atoms with Crippen LogP contribution in [0.4, 0.5) is 10.8 Å². The zero-order chi connectivity index (χ0) is 13.0. The lowest BCUT2D eigenvalue weighted by atomic mass is 10.2. The highest BCUT2D eigenvalue weighted by Gasteiger charge is 2.16. The second-order valence-electron chi connectivity index (χ2n) is 3.98. The molecule has 0 unspecified atom stereocenters. The lowest BCUT2D eigenvalue weighted by molar-refractivity contribution is 0.343. The minimum Gasteiger partial charge on any atom is -0.487 e. The van der Waals surface area contributed by atoms with Gasteiger partial charge in [0, 0.05) is 13.6 Å². The predicted molar refractivity (Wildman–Crippen MR) is 76.2 cm³/mol. The average molecular weight is 263 g/mol. The molecule has 0 radical (unpaired) electrons. The average Bonchev–Trinajstić information content (AvgIpc) is 2.73. The summed E-state index contributed by atoms with van der Waals surface area (Å²) >= 11 is 1.37. The number of anilines is 2. The van der Waals surface area contributed by atoms with Crippen molar-refractivity contribution in [1.82, 2.24) is 4.37 Å². The monoisotopic (exact) mass is 263 g/mol. The first kappa shape index (κ1) is 12.7. The van der Waals surface area contributed by atoms with Crippen molar-refractivity contribution in [2.75, 3.05) is 24.3 Å². The molecule has 0 aliphatic rings. The third kappa shape index (κ3) is 2.73. The Bertz CT molecular complexity index is 498. The van der Waals surface area contributed by atoms with Crippen LogP contribution in [0.5, 0.6) is 5.75 Å². The van der Waals surface area contributed by atoms with Crippen molar-refractivity contribution in [2.24, 2.45) is 0 Å². The summed E-state index contributed by atoms with van der Waals surface area (Å²) in [7, 11) is 2.02. The normalized spacial score (nSPS) is 10.3. The van der Waals surface area contributed by atoms with Crippen LogP contribution in [0.3, 0.4) is 0 Å². The molecule has 0 bridgehead atoms. The third-order valence-electron chi connectivity index (χ3n) is 2.56. The van der Waals surface area contributed by atoms with Gasteiger partial charge in [0.05, 0.1) is 6.61 Å². The Morgan fingerprint density at radius 1 is 1.33 bits per heavy atom. The van der Waals surface area contributed by atoms with Gasteiger partial charge in [-0.25, -0.2) is 0 Å². The van der Waals surface area contributed by atoms with Gasteiger partial charge < -0.3 is 15.4 Å². The number of nitrogens with two attached hydrogens (primary N) is 1. The maximum Gasteiger partial charge on any atom is 0.197 e. The van der Waals surface area contributed by atoms with Gasteiger partial charge in [0.1, 0.15) is 0 Å². The molecule has 0 aliphatic heterocycles. The first-order chi connectivity index (χ1) is 8.72. The molecule has 0 saturated heterocycles. The van der Waals surface area contributed by atoms with E-state index in [4.69, 9.17) is 10.5 Å². The molecule has 2 N–H and O–H groups in total. The van der Waals surface area contributed by atoms with E-state index in [0.29, 0.717) is 18.2 Å². The smallest absolute Gasteiger partial charge is 0.197 e. The summed E-state index contributed by atoms with van der Waals surface area (Å²) in [5, 5.41) is 0.971. The predicted octanol–water partition coefficient (Wildman–Crippen LogP) is 2.76. The molecule has 4 nitrogen and oxygen atoms in total. The Labute approximate surface area is 111 Å². The fourth-order valence-corrected chi connectivity index (χ4v) is 2.46. The van der Waals surface area contributed by atoms with Gasteiger partial charge in [-0.1, -0.05) is 30.3 Å². The van der Waals surface area contributed by atoms with Gasteiger partial charge in [0.15, 0.2) is 16.6 Å². The minimum atomic E-state index is 0.469. The van der Waals surface area contributed by atoms with Crippen LogP contribution >= 0.6 is 11.5 Å². The largest absolute Gasteiger partial charge is 0.487 e. The lowest BCUT2D eigenvalue weighted by Crippen LogP contribution is -2.16. The van der Waals surface area contributed by atoms with E-state index in [1.807, 2.05) is 32.2 Å². The van der Waals surface area contributed by atoms with Crippen molar-refractivity contribution in [3.8, 4) is 5.75 Å². The van der Waals surface area contributed by atoms with Crippen LogP contribution in [0.25, 0.3) is 0 Å². The van der Waals surface area contributed by atoms with Crippen LogP contribution in [0.15, 0.2) is 30.3 Å². The van der Waals surface area contributed by atoms with Crippen LogP contribution < -0.4 is 15.4 Å². The van der Waals surface area contributed by atoms with Gasteiger partial charge in [-0.3, -0.25) is 0 Å². The van der Waals surface area contributed by atoms with E-state index in [1.165, 1.54) is 17.1 Å². The Kier molecular flexibility index (Phi) is 4.04. The minimum absolute atomic E-state index is 0.469. The summed E-state index contributed by atoms with van der Waals surface area (Å²) in [4.78, 5) is 2.11. The number of hydrogen-bond acceptors (Lipinski definition) is 5. The maximum absolute atomic E-state index is 5.81. The molecular formula is C13H17N3OS. The first-order valence-electron chi connectivity index (χ1n) is 5.85. The zero-order valence-electron chi connectivity index (χ0n) is 10.6. The summed E-state index contributed by atoms with van der Waals surface area (Å²) in [5.74, 6) is 1.16. The van der Waals surface area contributed by atoms with Gasteiger partial charge in [-0.05, 0) is 24.0 Å². The van der Waals surface area contributed by atoms with E-state index >= 15 is 0 Å². The van der Waals surface area contributed by atoms with Crippen molar-refractivity contribution >= 4 is 22.4 Å². The zero-order valence-corrected chi connectivity index (χ0v) is 11.4. The second-order valence-corrected chi connectivity index (χ2v) is 4.73. The van der Waals surface area contributed by atoms with Crippen LogP contribution in [0, 0.1) is 0 Å². The highest BCUT2D eigenvalue weighted by Crippen LogP contribution is 2.38. The van der Waals surface area contributed by atoms with E-state index in [1.54, 1.807) is 0 Å². The van der Waals surface area contributed by atoms with Gasteiger partial charge in [0.25, 0.3) is 0 Å². The molecule has 2 rings (SSSR count). The van der Waals surface area contributed by atoms with Crippen LogP contribution in [-0.4, -0.2) is 18.0 Å². The molecule has 1 heterocycles. The molecular weight excluding hydrogens is 246 g/mol. The quantitative estimate of drug-likeness (QED) is 0.901. The molecule has 96 valence electrons. The number of rotatable bonds is 5. The van der Waals surface area contributed by atoms with Crippen molar-refractivity contribution in [3.05, 3.63) is 35.9 Å². The number of nitrogens with zero attached hydrogens (tertiary/aromatic N) is 2. The fourth-order valence-electron chi connectivity index (χ4n) is 1.74. The third-order valence-corrected chi connectivity index (χ3v) is 3.51. The SMILES string of the molecule is CCOc1c(N)nsc1N(C)Cc1ccccc1. The number of hydrogen-bond donors (Lipinski definition) is 1. The van der Waals surface area contributed by atoms with E-state index in [0.717, 1.165) is 11.5 Å². The number of ether oxygens (including phenoxy) is 1. The van der Waals surface area contributed by atoms with Crippen molar-refractivity contribution in [2.45, 2.75) is 13.5 Å². The van der Waals surface area contributed by atoms with E-state index < -0.39 is 0 Å². The molecule has 0 amide bonds. The van der Waals surface area contributed by atoms with Gasteiger partial charge in [-0.15, -0.1) is 0 Å². The topological polar surface area (TPSA) is 51.4 Å². The summed E-state index contributed by atoms with van der Waals surface area (Å²) in [6.45, 7) is 3.34. The molecule has 0 saturated carbocycles. The van der Waals surface area contributed by atoms with Crippen LogP contribution in [0.1, 0.15) is 12.5 Å². The van der Waals surface area contributed by atoms with Crippen molar-refractivity contribution in [3.63, 3.8) is 0 Å². The molecule has 0 fully saturated rings. The standard InChI is InChI=1S/C13H17N3OS/c1-3-17-11-12(14)15-18-13(11)16(2)9-10-7-5-4-6-8-10/h4-8H,3,9H2,1-2H3,(H2,14,15). The fraction of sp³-hybridized carbons (Fsp3) is 0.308. The molecule has 1 aromatic carbocycles. The summed E-state index contributed by atoms with van der Waals surface area (Å²) in [5.41, 5.74) is 7.05. The van der Waals surface area contributed by atoms with Gasteiger partial charge >= 0.3 is 0 Å². The summed E-state index contributed by atoms with van der Waals surface area (Å²) in [6.07, 6.45) is 0. The highest BCUT2D eigenvalue weighted by atomic mass is 32.1. The summed E-state index contributed by atoms with van der Waals surface area (Å²) < 4.78 is 9.70. The molecule has 2 aromatic rings. The number of benzene rings is 1. The molecule has 1 aromatic heterocycles.